The summed E-state index contributed by atoms with van der Waals surface area (Å²) in [7, 11) is 0. The van der Waals surface area contributed by atoms with Gasteiger partial charge in [0.25, 0.3) is 0 Å². The zero-order valence-corrected chi connectivity index (χ0v) is 18.3. The summed E-state index contributed by atoms with van der Waals surface area (Å²) in [6, 6.07) is 0. The van der Waals surface area contributed by atoms with Crippen molar-refractivity contribution in [3.63, 3.8) is 0 Å². The second kappa shape index (κ2) is 11.0. The van der Waals surface area contributed by atoms with Crippen molar-refractivity contribution in [3.05, 3.63) is 18.7 Å². The maximum Gasteiger partial charge on any atom is 0.191 e. The average molecular weight is 463 g/mol. The summed E-state index contributed by atoms with van der Waals surface area (Å²) in [6.07, 6.45) is 8.22. The largest absolute Gasteiger partial charge is 0.377 e. The molecule has 0 amide bonds. The highest BCUT2D eigenvalue weighted by Gasteiger charge is 2.35. The summed E-state index contributed by atoms with van der Waals surface area (Å²) in [6.45, 7) is 13.1. The molecule has 0 spiro atoms. The molecule has 0 aromatic carbocycles. The Labute approximate surface area is 169 Å². The first-order valence-corrected chi connectivity index (χ1v) is 9.10. The van der Waals surface area contributed by atoms with Crippen LogP contribution in [0.2, 0.25) is 0 Å². The highest BCUT2D eigenvalue weighted by atomic mass is 127. The molecule has 144 valence electrons. The molecule has 2 atom stereocenters. The minimum absolute atomic E-state index is 0. The lowest BCUT2D eigenvalue weighted by molar-refractivity contribution is -0.0823. The first-order valence-electron chi connectivity index (χ1n) is 9.10. The van der Waals surface area contributed by atoms with Crippen LogP contribution in [0.15, 0.2) is 23.7 Å². The summed E-state index contributed by atoms with van der Waals surface area (Å²) in [5.41, 5.74) is 0.161. The maximum absolute atomic E-state index is 6.06. The van der Waals surface area contributed by atoms with E-state index in [1.807, 2.05) is 12.5 Å². The average Bonchev–Trinajstić information content (AvgIpc) is 3.05. The van der Waals surface area contributed by atoms with E-state index in [-0.39, 0.29) is 35.5 Å². The second-order valence-electron chi connectivity index (χ2n) is 7.51. The molecule has 1 aliphatic heterocycles. The normalized spacial score (nSPS) is 21.5. The van der Waals surface area contributed by atoms with Gasteiger partial charge >= 0.3 is 0 Å². The number of nitrogens with zero attached hydrogens (tertiary/aromatic N) is 3. The molecule has 0 bridgehead atoms. The highest BCUT2D eigenvalue weighted by molar-refractivity contribution is 14.0. The SMILES string of the molecule is CCNC(=NCC1CCCOC1C(C)(C)C)NCCn1ccnc1.I. The highest BCUT2D eigenvalue weighted by Crippen LogP contribution is 2.34. The van der Waals surface area contributed by atoms with Gasteiger partial charge in [-0.2, -0.15) is 0 Å². The number of halogens is 1. The molecule has 0 saturated carbocycles. The standard InChI is InChI=1S/C18H33N5O.HI/c1-5-20-17(21-9-11-23-10-8-19-14-23)22-13-15-7-6-12-24-16(15)18(2,3)4;/h8,10,14-16H,5-7,9,11-13H2,1-4H3,(H2,20,21,22);1H. The third-order valence-corrected chi connectivity index (χ3v) is 4.35. The number of nitrogens with one attached hydrogen (secondary N) is 2. The van der Waals surface area contributed by atoms with Crippen LogP contribution in [0.4, 0.5) is 0 Å². The number of rotatable bonds is 6. The van der Waals surface area contributed by atoms with Crippen molar-refractivity contribution in [1.29, 1.82) is 0 Å². The van der Waals surface area contributed by atoms with E-state index in [1.54, 1.807) is 6.20 Å². The first-order chi connectivity index (χ1) is 11.5. The zero-order valence-electron chi connectivity index (χ0n) is 16.0. The third-order valence-electron chi connectivity index (χ3n) is 4.35. The fourth-order valence-corrected chi connectivity index (χ4v) is 3.26. The summed E-state index contributed by atoms with van der Waals surface area (Å²) >= 11 is 0. The number of imidazole rings is 1. The van der Waals surface area contributed by atoms with Gasteiger partial charge < -0.3 is 19.9 Å². The molecule has 1 aromatic heterocycles. The van der Waals surface area contributed by atoms with Crippen molar-refractivity contribution in [3.8, 4) is 0 Å². The molecular weight excluding hydrogens is 429 g/mol. The monoisotopic (exact) mass is 463 g/mol. The van der Waals surface area contributed by atoms with Crippen LogP contribution in [-0.2, 0) is 11.3 Å². The van der Waals surface area contributed by atoms with Gasteiger partial charge in [0.15, 0.2) is 5.96 Å². The van der Waals surface area contributed by atoms with Gasteiger partial charge in [-0.3, -0.25) is 4.99 Å². The molecule has 1 aromatic rings. The lowest BCUT2D eigenvalue weighted by atomic mass is 9.78. The lowest BCUT2D eigenvalue weighted by Gasteiger charge is -2.39. The van der Waals surface area contributed by atoms with Crippen molar-refractivity contribution in [2.24, 2.45) is 16.3 Å². The van der Waals surface area contributed by atoms with Gasteiger partial charge in [0, 0.05) is 51.1 Å². The van der Waals surface area contributed by atoms with E-state index in [2.05, 4.69) is 47.9 Å². The Kier molecular flexibility index (Phi) is 9.78. The Hall–Kier alpha value is -0.830. The Morgan fingerprint density at radius 3 is 2.80 bits per heavy atom. The molecular formula is C18H34IN5O. The molecule has 0 radical (unpaired) electrons. The van der Waals surface area contributed by atoms with Gasteiger partial charge in [0.05, 0.1) is 12.4 Å². The third kappa shape index (κ3) is 7.52. The Balaban J connectivity index is 0.00000312. The Morgan fingerprint density at radius 1 is 1.36 bits per heavy atom. The molecule has 0 aliphatic carbocycles. The summed E-state index contributed by atoms with van der Waals surface area (Å²) < 4.78 is 8.11. The quantitative estimate of drug-likeness (QED) is 0.387. The van der Waals surface area contributed by atoms with Crippen molar-refractivity contribution in [1.82, 2.24) is 20.2 Å². The smallest absolute Gasteiger partial charge is 0.191 e. The molecule has 2 heterocycles. The molecule has 1 saturated heterocycles. The van der Waals surface area contributed by atoms with Crippen LogP contribution in [-0.4, -0.2) is 47.9 Å². The van der Waals surface area contributed by atoms with Crippen LogP contribution in [0.5, 0.6) is 0 Å². The number of hydrogen-bond donors (Lipinski definition) is 2. The molecule has 7 heteroatoms. The van der Waals surface area contributed by atoms with Crippen LogP contribution < -0.4 is 10.6 Å². The fraction of sp³-hybridized carbons (Fsp3) is 0.778. The lowest BCUT2D eigenvalue weighted by Crippen LogP contribution is -2.43. The summed E-state index contributed by atoms with van der Waals surface area (Å²) in [5.74, 6) is 1.37. The van der Waals surface area contributed by atoms with Gasteiger partial charge in [-0.1, -0.05) is 20.8 Å². The topological polar surface area (TPSA) is 63.5 Å². The van der Waals surface area contributed by atoms with Crippen LogP contribution in [0.1, 0.15) is 40.5 Å². The number of aliphatic imine (C=N–C) groups is 1. The van der Waals surface area contributed by atoms with Crippen molar-refractivity contribution in [2.45, 2.75) is 53.2 Å². The van der Waals surface area contributed by atoms with E-state index < -0.39 is 0 Å². The fourth-order valence-electron chi connectivity index (χ4n) is 3.26. The molecule has 25 heavy (non-hydrogen) atoms. The molecule has 2 rings (SSSR count). The second-order valence-corrected chi connectivity index (χ2v) is 7.51. The number of hydrogen-bond acceptors (Lipinski definition) is 3. The van der Waals surface area contributed by atoms with Gasteiger partial charge in [0.1, 0.15) is 0 Å². The summed E-state index contributed by atoms with van der Waals surface area (Å²) in [4.78, 5) is 8.87. The molecule has 1 fully saturated rings. The number of aromatic nitrogens is 2. The predicted octanol–water partition coefficient (Wildman–Crippen LogP) is 2.90. The Morgan fingerprint density at radius 2 is 2.16 bits per heavy atom. The first kappa shape index (κ1) is 22.2. The van der Waals surface area contributed by atoms with Crippen molar-refractivity contribution < 1.29 is 4.74 Å². The van der Waals surface area contributed by atoms with Gasteiger partial charge in [-0.15, -0.1) is 24.0 Å². The maximum atomic E-state index is 6.06. The molecule has 2 N–H and O–H groups in total. The minimum Gasteiger partial charge on any atom is -0.377 e. The number of guanidine groups is 1. The van der Waals surface area contributed by atoms with E-state index in [1.165, 1.54) is 6.42 Å². The zero-order chi connectivity index (χ0) is 17.4. The molecule has 1 aliphatic rings. The summed E-state index contributed by atoms with van der Waals surface area (Å²) in [5, 5.41) is 6.73. The van der Waals surface area contributed by atoms with Crippen molar-refractivity contribution in [2.75, 3.05) is 26.2 Å². The molecule has 6 nitrogen and oxygen atoms in total. The van der Waals surface area contributed by atoms with Crippen LogP contribution >= 0.6 is 24.0 Å². The van der Waals surface area contributed by atoms with Crippen LogP contribution in [0.25, 0.3) is 0 Å². The van der Waals surface area contributed by atoms with E-state index in [4.69, 9.17) is 9.73 Å². The van der Waals surface area contributed by atoms with Gasteiger partial charge in [0.2, 0.25) is 0 Å². The van der Waals surface area contributed by atoms with E-state index in [0.29, 0.717) is 5.92 Å². The van der Waals surface area contributed by atoms with E-state index in [9.17, 15) is 0 Å². The van der Waals surface area contributed by atoms with Gasteiger partial charge in [-0.25, -0.2) is 4.98 Å². The Bertz CT molecular complexity index is 498. The van der Waals surface area contributed by atoms with Crippen molar-refractivity contribution >= 4 is 29.9 Å². The minimum atomic E-state index is 0. The van der Waals surface area contributed by atoms with Crippen LogP contribution in [0, 0.1) is 11.3 Å². The van der Waals surface area contributed by atoms with Gasteiger partial charge in [-0.05, 0) is 25.2 Å². The van der Waals surface area contributed by atoms with E-state index in [0.717, 1.165) is 45.2 Å². The predicted molar refractivity (Wildman–Crippen MR) is 114 cm³/mol. The molecule has 2 unspecified atom stereocenters. The number of ether oxygens (including phenoxy) is 1. The van der Waals surface area contributed by atoms with Crippen LogP contribution in [0.3, 0.4) is 0 Å². The van der Waals surface area contributed by atoms with E-state index >= 15 is 0 Å².